The summed E-state index contributed by atoms with van der Waals surface area (Å²) in [5, 5.41) is 5.22. The van der Waals surface area contributed by atoms with Gasteiger partial charge < -0.3 is 0 Å². The van der Waals surface area contributed by atoms with E-state index in [9.17, 15) is 0 Å². The first-order chi connectivity index (χ1) is 22.1. The highest BCUT2D eigenvalue weighted by Crippen LogP contribution is 2.65. The molecule has 226 valence electrons. The topological polar surface area (TPSA) is 0 Å². The minimum Gasteiger partial charge on any atom is -0.135 e. The van der Waals surface area contributed by atoms with Gasteiger partial charge in [0, 0.05) is 20.7 Å². The van der Waals surface area contributed by atoms with E-state index in [2.05, 4.69) is 175 Å². The Balaban J connectivity index is 1.42. The van der Waals surface area contributed by atoms with E-state index in [4.69, 9.17) is 0 Å². The van der Waals surface area contributed by atoms with Crippen molar-refractivity contribution in [2.45, 2.75) is 47.0 Å². The lowest BCUT2D eigenvalue weighted by Crippen LogP contribution is -2.49. The molecule has 0 saturated carbocycles. The van der Waals surface area contributed by atoms with Crippen LogP contribution in [-0.4, -0.2) is 0 Å². The predicted molar refractivity (Wildman–Crippen MR) is 201 cm³/mol. The average molecular weight is 613 g/mol. The Kier molecular flexibility index (Phi) is 6.47. The van der Waals surface area contributed by atoms with Crippen LogP contribution in [0.15, 0.2) is 133 Å². The monoisotopic (exact) mass is 612 g/mol. The molecule has 1 aliphatic carbocycles. The Morgan fingerprint density at radius 1 is 0.413 bits per heavy atom. The van der Waals surface area contributed by atoms with Crippen LogP contribution in [-0.2, 0) is 5.41 Å². The largest absolute Gasteiger partial charge is 0.135 e. The molecule has 8 rings (SSSR count). The summed E-state index contributed by atoms with van der Waals surface area (Å²) in [5.41, 5.74) is 10.7. The first-order valence-electron chi connectivity index (χ1n) is 16.4. The van der Waals surface area contributed by atoms with Gasteiger partial charge in [-0.2, -0.15) is 0 Å². The molecule has 0 radical (unpaired) electrons. The van der Waals surface area contributed by atoms with Crippen molar-refractivity contribution < 1.29 is 0 Å². The van der Waals surface area contributed by atoms with Crippen molar-refractivity contribution in [1.82, 2.24) is 0 Å². The van der Waals surface area contributed by atoms with Gasteiger partial charge in [-0.1, -0.05) is 157 Å². The Morgan fingerprint density at radius 2 is 0.913 bits per heavy atom. The van der Waals surface area contributed by atoms with Crippen molar-refractivity contribution in [3.63, 3.8) is 0 Å². The molecular formula is C45H40S. The van der Waals surface area contributed by atoms with Crippen LogP contribution in [0, 0.1) is 10.8 Å². The van der Waals surface area contributed by atoms with Gasteiger partial charge in [0.1, 0.15) is 0 Å². The number of hydrogen-bond acceptors (Lipinski definition) is 1. The molecular weight excluding hydrogens is 573 g/mol. The fourth-order valence-corrected chi connectivity index (χ4v) is 10.2. The summed E-state index contributed by atoms with van der Waals surface area (Å²) < 4.78 is 0. The van der Waals surface area contributed by atoms with E-state index in [0.29, 0.717) is 0 Å². The first kappa shape index (κ1) is 29.0. The van der Waals surface area contributed by atoms with Crippen molar-refractivity contribution in [2.24, 2.45) is 10.8 Å². The van der Waals surface area contributed by atoms with Gasteiger partial charge in [0.05, 0.1) is 0 Å². The Morgan fingerprint density at radius 3 is 1.52 bits per heavy atom. The zero-order chi connectivity index (χ0) is 31.8. The minimum absolute atomic E-state index is 0.00511. The molecule has 0 saturated heterocycles. The summed E-state index contributed by atoms with van der Waals surface area (Å²) in [6.07, 6.45) is 0. The van der Waals surface area contributed by atoms with Crippen LogP contribution in [0.3, 0.4) is 0 Å². The molecule has 0 amide bonds. The van der Waals surface area contributed by atoms with Crippen molar-refractivity contribution >= 4 is 32.9 Å². The fourth-order valence-electron chi connectivity index (χ4n) is 9.11. The van der Waals surface area contributed by atoms with Gasteiger partial charge in [0.2, 0.25) is 0 Å². The maximum atomic E-state index is 2.55. The van der Waals surface area contributed by atoms with E-state index in [1.165, 1.54) is 75.8 Å². The van der Waals surface area contributed by atoms with Crippen LogP contribution in [0.1, 0.15) is 52.7 Å². The molecule has 0 atom stereocenters. The number of fused-ring (bicyclic) bond motifs is 5. The summed E-state index contributed by atoms with van der Waals surface area (Å²) in [5.74, 6) is 0. The van der Waals surface area contributed by atoms with E-state index in [0.717, 1.165) is 0 Å². The number of benzene rings is 6. The second kappa shape index (κ2) is 10.3. The van der Waals surface area contributed by atoms with Crippen molar-refractivity contribution in [3.8, 4) is 43.1 Å². The van der Waals surface area contributed by atoms with Gasteiger partial charge in [-0.05, 0) is 89.5 Å². The van der Waals surface area contributed by atoms with E-state index in [-0.39, 0.29) is 16.2 Å². The highest BCUT2D eigenvalue weighted by molar-refractivity contribution is 7.19. The maximum Gasteiger partial charge on any atom is 0.0361 e. The average Bonchev–Trinajstić information content (AvgIpc) is 3.65. The van der Waals surface area contributed by atoms with Crippen molar-refractivity contribution in [3.05, 3.63) is 145 Å². The number of thiophene rings is 1. The minimum atomic E-state index is -0.154. The smallest absolute Gasteiger partial charge is 0.0361 e. The first-order valence-corrected chi connectivity index (χ1v) is 17.3. The SMILES string of the molecule is CC(C)(C)C1(C(C)(C)C)c2ccccc2-c2ccc(-c3c4ccccc4c(-c4ccc(-c5ccccc5)s4)c4ccccc34)cc21. The standard InChI is InChI=1S/C45H40S/c1-43(2,3)45(44(4,5)6)37-23-15-14-18-31(37)32-25-24-30(28-38(32)45)41-33-19-10-12-21-35(33)42(36-22-13-11-20-34(36)41)40-27-26-39(46-40)29-16-8-7-9-17-29/h7-28H,1-6H3. The third-order valence-corrected chi connectivity index (χ3v) is 11.6. The number of hydrogen-bond donors (Lipinski definition) is 0. The van der Waals surface area contributed by atoms with Gasteiger partial charge in [-0.3, -0.25) is 0 Å². The Bertz CT molecular complexity index is 2200. The van der Waals surface area contributed by atoms with E-state index >= 15 is 0 Å². The van der Waals surface area contributed by atoms with Gasteiger partial charge in [0.15, 0.2) is 0 Å². The summed E-state index contributed by atoms with van der Waals surface area (Å²) >= 11 is 1.88. The second-order valence-electron chi connectivity index (χ2n) is 14.9. The highest BCUT2D eigenvalue weighted by Gasteiger charge is 2.57. The zero-order valence-electron chi connectivity index (χ0n) is 27.6. The maximum absolute atomic E-state index is 2.55. The highest BCUT2D eigenvalue weighted by atomic mass is 32.1. The summed E-state index contributed by atoms with van der Waals surface area (Å²) in [6.45, 7) is 14.6. The van der Waals surface area contributed by atoms with E-state index in [1.807, 2.05) is 11.3 Å². The lowest BCUT2D eigenvalue weighted by molar-refractivity contribution is 0.0951. The normalized spacial score (nSPS) is 14.0. The summed E-state index contributed by atoms with van der Waals surface area (Å²) in [4.78, 5) is 2.61. The molecule has 0 aliphatic heterocycles. The molecule has 46 heavy (non-hydrogen) atoms. The molecule has 1 aromatic heterocycles. The van der Waals surface area contributed by atoms with Crippen LogP contribution in [0.2, 0.25) is 0 Å². The second-order valence-corrected chi connectivity index (χ2v) is 16.0. The van der Waals surface area contributed by atoms with Crippen molar-refractivity contribution in [1.29, 1.82) is 0 Å². The molecule has 7 aromatic rings. The van der Waals surface area contributed by atoms with Gasteiger partial charge in [-0.25, -0.2) is 0 Å². The lowest BCUT2D eigenvalue weighted by atomic mass is 9.50. The summed E-state index contributed by atoms with van der Waals surface area (Å²) in [6, 6.07) is 49.9. The molecule has 0 spiro atoms. The van der Waals surface area contributed by atoms with Crippen LogP contribution in [0.5, 0.6) is 0 Å². The van der Waals surface area contributed by atoms with Crippen LogP contribution < -0.4 is 0 Å². The van der Waals surface area contributed by atoms with Crippen LogP contribution in [0.25, 0.3) is 64.7 Å². The number of rotatable bonds is 3. The predicted octanol–water partition coefficient (Wildman–Crippen LogP) is 13.4. The van der Waals surface area contributed by atoms with E-state index < -0.39 is 0 Å². The van der Waals surface area contributed by atoms with Crippen LogP contribution in [0.4, 0.5) is 0 Å². The van der Waals surface area contributed by atoms with Gasteiger partial charge in [-0.15, -0.1) is 11.3 Å². The molecule has 0 unspecified atom stereocenters. The molecule has 1 aliphatic rings. The third kappa shape index (κ3) is 4.04. The van der Waals surface area contributed by atoms with Crippen LogP contribution >= 0.6 is 11.3 Å². The quantitative estimate of drug-likeness (QED) is 0.174. The van der Waals surface area contributed by atoms with E-state index in [1.54, 1.807) is 0 Å². The molecule has 6 aromatic carbocycles. The van der Waals surface area contributed by atoms with Gasteiger partial charge >= 0.3 is 0 Å². The molecule has 1 heteroatoms. The molecule has 0 N–H and O–H groups in total. The zero-order valence-corrected chi connectivity index (χ0v) is 28.4. The van der Waals surface area contributed by atoms with Gasteiger partial charge in [0.25, 0.3) is 0 Å². The molecule has 1 heterocycles. The Labute approximate surface area is 277 Å². The molecule has 0 nitrogen and oxygen atoms in total. The third-order valence-electron chi connectivity index (χ3n) is 10.4. The Hall–Kier alpha value is -4.46. The van der Waals surface area contributed by atoms with Crippen molar-refractivity contribution in [2.75, 3.05) is 0 Å². The fraction of sp³-hybridized carbons (Fsp3) is 0.200. The molecule has 0 fully saturated rings. The summed E-state index contributed by atoms with van der Waals surface area (Å²) in [7, 11) is 0. The molecule has 0 bridgehead atoms. The lowest BCUT2D eigenvalue weighted by Gasteiger charge is -2.53.